The van der Waals surface area contributed by atoms with E-state index < -0.39 is 10.0 Å². The van der Waals surface area contributed by atoms with Gasteiger partial charge in [0.2, 0.25) is 10.0 Å². The molecule has 1 N–H and O–H groups in total. The highest BCUT2D eigenvalue weighted by Crippen LogP contribution is 2.10. The molecule has 22 heavy (non-hydrogen) atoms. The molecule has 2 amide bonds. The highest BCUT2D eigenvalue weighted by atomic mass is 32.2. The number of thiophene rings is 1. The first kappa shape index (κ1) is 17.2. The number of carbonyl (C=O) groups excluding carboxylic acids is 1. The summed E-state index contributed by atoms with van der Waals surface area (Å²) in [6.45, 7) is 3.85. The Bertz CT molecular complexity index is 586. The Balaban J connectivity index is 1.84. The molecule has 1 aliphatic heterocycles. The minimum atomic E-state index is -3.18. The average molecular weight is 345 g/mol. The maximum atomic E-state index is 12.3. The summed E-state index contributed by atoms with van der Waals surface area (Å²) < 4.78 is 24.6. The van der Waals surface area contributed by atoms with E-state index in [-0.39, 0.29) is 12.1 Å². The molecule has 0 spiro atoms. The van der Waals surface area contributed by atoms with Crippen molar-refractivity contribution in [3.8, 4) is 0 Å². The van der Waals surface area contributed by atoms with E-state index in [9.17, 15) is 13.2 Å². The highest BCUT2D eigenvalue weighted by molar-refractivity contribution is 7.88. The van der Waals surface area contributed by atoms with E-state index in [1.807, 2.05) is 12.3 Å². The summed E-state index contributed by atoms with van der Waals surface area (Å²) in [5, 5.41) is 7.10. The second kappa shape index (κ2) is 7.43. The summed E-state index contributed by atoms with van der Waals surface area (Å²) in [6, 6.07) is 2.00. The van der Waals surface area contributed by atoms with Gasteiger partial charge in [-0.3, -0.25) is 0 Å². The monoisotopic (exact) mass is 345 g/mol. The molecule has 2 rings (SSSR count). The zero-order valence-electron chi connectivity index (χ0n) is 13.0. The van der Waals surface area contributed by atoms with Crippen LogP contribution in [0.1, 0.15) is 18.9 Å². The lowest BCUT2D eigenvalue weighted by Crippen LogP contribution is -2.46. The standard InChI is InChI=1S/C14H23N3O3S2/c1-12(10-13-4-9-21-11-13)15-14(18)16-5-3-6-17(8-7-16)22(2,19)20/h4,9,11-12H,3,5-8,10H2,1-2H3,(H,15,18)/t12-/m1/s1. The third-order valence-corrected chi connectivity index (χ3v) is 5.74. The average Bonchev–Trinajstić information content (AvgIpc) is 2.77. The van der Waals surface area contributed by atoms with E-state index in [0.717, 1.165) is 6.42 Å². The number of nitrogens with zero attached hydrogens (tertiary/aromatic N) is 2. The number of amides is 2. The molecule has 0 bridgehead atoms. The van der Waals surface area contributed by atoms with Crippen molar-refractivity contribution in [1.29, 1.82) is 0 Å². The molecule has 1 fully saturated rings. The van der Waals surface area contributed by atoms with Gasteiger partial charge in [-0.2, -0.15) is 11.3 Å². The van der Waals surface area contributed by atoms with Crippen molar-refractivity contribution in [3.05, 3.63) is 22.4 Å². The Morgan fingerprint density at radius 3 is 2.77 bits per heavy atom. The smallest absolute Gasteiger partial charge is 0.317 e. The van der Waals surface area contributed by atoms with Crippen LogP contribution in [0.4, 0.5) is 4.79 Å². The Labute approximate surface area is 136 Å². The molecule has 6 nitrogen and oxygen atoms in total. The van der Waals surface area contributed by atoms with Crippen molar-refractivity contribution in [2.24, 2.45) is 0 Å². The Kier molecular flexibility index (Phi) is 5.82. The number of urea groups is 1. The van der Waals surface area contributed by atoms with Crippen LogP contribution in [-0.4, -0.2) is 62.1 Å². The third-order valence-electron chi connectivity index (χ3n) is 3.70. The van der Waals surface area contributed by atoms with Gasteiger partial charge in [-0.1, -0.05) is 0 Å². The predicted octanol–water partition coefficient (Wildman–Crippen LogP) is 1.36. The van der Waals surface area contributed by atoms with Gasteiger partial charge in [0, 0.05) is 32.2 Å². The number of rotatable bonds is 4. The van der Waals surface area contributed by atoms with E-state index in [2.05, 4.69) is 16.8 Å². The number of carbonyl (C=O) groups is 1. The molecule has 0 aliphatic carbocycles. The van der Waals surface area contributed by atoms with Gasteiger partial charge >= 0.3 is 6.03 Å². The van der Waals surface area contributed by atoms with Crippen LogP contribution in [0.3, 0.4) is 0 Å². The predicted molar refractivity (Wildman–Crippen MR) is 88.6 cm³/mol. The van der Waals surface area contributed by atoms with Crippen LogP contribution in [0.25, 0.3) is 0 Å². The summed E-state index contributed by atoms with van der Waals surface area (Å²) >= 11 is 1.65. The number of nitrogens with one attached hydrogen (secondary N) is 1. The molecule has 0 aromatic carbocycles. The largest absolute Gasteiger partial charge is 0.335 e. The molecule has 8 heteroatoms. The number of sulfonamides is 1. The molecule has 1 aliphatic rings. The SMILES string of the molecule is C[C@H](Cc1ccsc1)NC(=O)N1CCCN(S(C)(=O)=O)CC1. The summed E-state index contributed by atoms with van der Waals surface area (Å²) in [5.41, 5.74) is 1.22. The first-order valence-electron chi connectivity index (χ1n) is 7.38. The number of hydrogen-bond acceptors (Lipinski definition) is 4. The molecule has 0 radical (unpaired) electrons. The van der Waals surface area contributed by atoms with E-state index >= 15 is 0 Å². The Morgan fingerprint density at radius 1 is 1.36 bits per heavy atom. The van der Waals surface area contributed by atoms with Crippen LogP contribution < -0.4 is 5.32 Å². The Hall–Kier alpha value is -1.12. The van der Waals surface area contributed by atoms with E-state index in [1.54, 1.807) is 16.2 Å². The van der Waals surface area contributed by atoms with Crippen molar-refractivity contribution in [2.45, 2.75) is 25.8 Å². The highest BCUT2D eigenvalue weighted by Gasteiger charge is 2.24. The molecule has 2 heterocycles. The Morgan fingerprint density at radius 2 is 2.14 bits per heavy atom. The number of hydrogen-bond donors (Lipinski definition) is 1. The fourth-order valence-corrected chi connectivity index (χ4v) is 4.10. The topological polar surface area (TPSA) is 69.7 Å². The summed E-state index contributed by atoms with van der Waals surface area (Å²) in [7, 11) is -3.18. The molecular weight excluding hydrogens is 322 g/mol. The van der Waals surface area contributed by atoms with Gasteiger partial charge in [0.1, 0.15) is 0 Å². The van der Waals surface area contributed by atoms with Crippen LogP contribution in [-0.2, 0) is 16.4 Å². The van der Waals surface area contributed by atoms with Crippen LogP contribution in [0.5, 0.6) is 0 Å². The first-order chi connectivity index (χ1) is 10.4. The van der Waals surface area contributed by atoms with E-state index in [1.165, 1.54) is 16.1 Å². The first-order valence-corrected chi connectivity index (χ1v) is 10.2. The van der Waals surface area contributed by atoms with Crippen molar-refractivity contribution in [3.63, 3.8) is 0 Å². The van der Waals surface area contributed by atoms with Gasteiger partial charge in [0.25, 0.3) is 0 Å². The molecule has 0 saturated carbocycles. The van der Waals surface area contributed by atoms with Gasteiger partial charge in [0.15, 0.2) is 0 Å². The summed E-state index contributed by atoms with van der Waals surface area (Å²) in [5.74, 6) is 0. The van der Waals surface area contributed by atoms with Crippen molar-refractivity contribution < 1.29 is 13.2 Å². The lowest BCUT2D eigenvalue weighted by molar-refractivity contribution is 0.197. The van der Waals surface area contributed by atoms with E-state index in [4.69, 9.17) is 0 Å². The van der Waals surface area contributed by atoms with Crippen LogP contribution in [0, 0.1) is 0 Å². The van der Waals surface area contributed by atoms with Gasteiger partial charge in [-0.15, -0.1) is 0 Å². The molecule has 124 valence electrons. The zero-order chi connectivity index (χ0) is 16.2. The lowest BCUT2D eigenvalue weighted by Gasteiger charge is -2.24. The minimum absolute atomic E-state index is 0.0522. The molecule has 1 aromatic heterocycles. The normalized spacial score (nSPS) is 18.7. The second-order valence-electron chi connectivity index (χ2n) is 5.69. The minimum Gasteiger partial charge on any atom is -0.335 e. The molecular formula is C14H23N3O3S2. The maximum Gasteiger partial charge on any atom is 0.317 e. The van der Waals surface area contributed by atoms with Gasteiger partial charge in [-0.05, 0) is 42.2 Å². The summed E-state index contributed by atoms with van der Waals surface area (Å²) in [6.07, 6.45) is 2.68. The third kappa shape index (κ3) is 4.96. The van der Waals surface area contributed by atoms with Crippen LogP contribution in [0.2, 0.25) is 0 Å². The fraction of sp³-hybridized carbons (Fsp3) is 0.643. The van der Waals surface area contributed by atoms with Gasteiger partial charge in [0.05, 0.1) is 6.26 Å². The fourth-order valence-electron chi connectivity index (χ4n) is 2.54. The molecule has 1 saturated heterocycles. The van der Waals surface area contributed by atoms with Crippen LogP contribution >= 0.6 is 11.3 Å². The molecule has 1 aromatic rings. The van der Waals surface area contributed by atoms with Gasteiger partial charge in [-0.25, -0.2) is 17.5 Å². The van der Waals surface area contributed by atoms with Gasteiger partial charge < -0.3 is 10.2 Å². The second-order valence-corrected chi connectivity index (χ2v) is 8.45. The maximum absolute atomic E-state index is 12.3. The zero-order valence-corrected chi connectivity index (χ0v) is 14.6. The molecule has 0 unspecified atom stereocenters. The van der Waals surface area contributed by atoms with Crippen molar-refractivity contribution in [1.82, 2.24) is 14.5 Å². The summed E-state index contributed by atoms with van der Waals surface area (Å²) in [4.78, 5) is 14.0. The van der Waals surface area contributed by atoms with Crippen molar-refractivity contribution in [2.75, 3.05) is 32.4 Å². The van der Waals surface area contributed by atoms with Crippen molar-refractivity contribution >= 4 is 27.4 Å². The molecule has 1 atom stereocenters. The van der Waals surface area contributed by atoms with E-state index in [0.29, 0.717) is 32.6 Å². The van der Waals surface area contributed by atoms with Crippen LogP contribution in [0.15, 0.2) is 16.8 Å². The lowest BCUT2D eigenvalue weighted by atomic mass is 10.1. The quantitative estimate of drug-likeness (QED) is 0.896.